The van der Waals surface area contributed by atoms with Crippen molar-refractivity contribution < 1.29 is 4.74 Å². The Bertz CT molecular complexity index is 625. The Hall–Kier alpha value is -1.86. The molecular formula is C21H36N6O. The first-order valence-corrected chi connectivity index (χ1v) is 10.6. The number of anilines is 1. The molecule has 3 rings (SSSR count). The second-order valence-corrected chi connectivity index (χ2v) is 7.78. The van der Waals surface area contributed by atoms with Gasteiger partial charge in [0.15, 0.2) is 5.96 Å². The summed E-state index contributed by atoms with van der Waals surface area (Å²) in [5, 5.41) is 3.46. The maximum atomic E-state index is 5.74. The molecule has 7 nitrogen and oxygen atoms in total. The third-order valence-electron chi connectivity index (χ3n) is 5.60. The lowest BCUT2D eigenvalue weighted by molar-refractivity contribution is 0.115. The smallest absolute Gasteiger partial charge is 0.193 e. The molecule has 1 aliphatic carbocycles. The van der Waals surface area contributed by atoms with E-state index in [0.29, 0.717) is 0 Å². The minimum atomic E-state index is 0.740. The molecule has 0 aromatic carbocycles. The van der Waals surface area contributed by atoms with Crippen molar-refractivity contribution in [2.24, 2.45) is 10.9 Å². The van der Waals surface area contributed by atoms with Crippen LogP contribution in [0.5, 0.6) is 0 Å². The van der Waals surface area contributed by atoms with Crippen molar-refractivity contribution in [2.75, 3.05) is 71.5 Å². The Balaban J connectivity index is 1.44. The zero-order valence-corrected chi connectivity index (χ0v) is 17.7. The van der Waals surface area contributed by atoms with Crippen LogP contribution in [0, 0.1) is 5.92 Å². The van der Waals surface area contributed by atoms with Crippen LogP contribution >= 0.6 is 0 Å². The summed E-state index contributed by atoms with van der Waals surface area (Å²) in [6.45, 7) is 10.9. The molecule has 2 heterocycles. The van der Waals surface area contributed by atoms with Gasteiger partial charge in [-0.15, -0.1) is 0 Å². The normalized spacial score (nSPS) is 18.4. The molecule has 156 valence electrons. The van der Waals surface area contributed by atoms with Crippen LogP contribution in [0.1, 0.15) is 25.3 Å². The summed E-state index contributed by atoms with van der Waals surface area (Å²) in [5.74, 6) is 2.78. The minimum absolute atomic E-state index is 0.740. The second kappa shape index (κ2) is 10.6. The average Bonchev–Trinajstić information content (AvgIpc) is 3.56. The molecule has 0 amide bonds. The highest BCUT2D eigenvalue weighted by Crippen LogP contribution is 2.28. The van der Waals surface area contributed by atoms with Gasteiger partial charge in [0, 0.05) is 66.2 Å². The fourth-order valence-corrected chi connectivity index (χ4v) is 3.44. The predicted molar refractivity (Wildman–Crippen MR) is 115 cm³/mol. The molecule has 1 N–H and O–H groups in total. The number of pyridine rings is 1. The predicted octanol–water partition coefficient (Wildman–Crippen LogP) is 1.66. The van der Waals surface area contributed by atoms with E-state index in [9.17, 15) is 0 Å². The minimum Gasteiger partial charge on any atom is -0.379 e. The van der Waals surface area contributed by atoms with Crippen molar-refractivity contribution >= 4 is 11.8 Å². The number of nitrogens with zero attached hydrogens (tertiary/aromatic N) is 5. The van der Waals surface area contributed by atoms with Gasteiger partial charge >= 0.3 is 0 Å². The molecule has 0 atom stereocenters. The Morgan fingerprint density at radius 1 is 1.32 bits per heavy atom. The zero-order valence-electron chi connectivity index (χ0n) is 17.7. The lowest BCUT2D eigenvalue weighted by atomic mass is 10.2. The molecule has 1 saturated carbocycles. The van der Waals surface area contributed by atoms with E-state index < -0.39 is 0 Å². The van der Waals surface area contributed by atoms with Crippen LogP contribution < -0.4 is 10.2 Å². The molecular weight excluding hydrogens is 352 g/mol. The fraction of sp³-hybridized carbons (Fsp3) is 0.714. The molecule has 2 fully saturated rings. The van der Waals surface area contributed by atoms with E-state index in [-0.39, 0.29) is 0 Å². The average molecular weight is 389 g/mol. The van der Waals surface area contributed by atoms with Gasteiger partial charge in [-0.1, -0.05) is 6.92 Å². The number of rotatable bonds is 9. The topological polar surface area (TPSA) is 56.2 Å². The number of likely N-dealkylation sites (N-methyl/N-ethyl adjacent to an activating group) is 2. The van der Waals surface area contributed by atoms with Crippen LogP contribution in [0.3, 0.4) is 0 Å². The second-order valence-electron chi connectivity index (χ2n) is 7.78. The Morgan fingerprint density at radius 3 is 2.79 bits per heavy atom. The van der Waals surface area contributed by atoms with Gasteiger partial charge < -0.3 is 24.8 Å². The van der Waals surface area contributed by atoms with Crippen molar-refractivity contribution in [1.29, 1.82) is 0 Å². The molecule has 1 aliphatic heterocycles. The Labute approximate surface area is 169 Å². The van der Waals surface area contributed by atoms with Crippen molar-refractivity contribution in [3.8, 4) is 0 Å². The first-order chi connectivity index (χ1) is 13.7. The quantitative estimate of drug-likeness (QED) is 0.394. The Kier molecular flexibility index (Phi) is 7.91. The number of ether oxygens (including phenoxy) is 1. The van der Waals surface area contributed by atoms with Crippen molar-refractivity contribution in [2.45, 2.75) is 26.3 Å². The molecule has 7 heteroatoms. The maximum absolute atomic E-state index is 5.74. The summed E-state index contributed by atoms with van der Waals surface area (Å²) in [7, 11) is 3.89. The molecule has 0 bridgehead atoms. The van der Waals surface area contributed by atoms with Gasteiger partial charge in [-0.25, -0.2) is 4.98 Å². The van der Waals surface area contributed by atoms with E-state index in [4.69, 9.17) is 4.74 Å². The molecule has 28 heavy (non-hydrogen) atoms. The van der Waals surface area contributed by atoms with Crippen LogP contribution in [0.4, 0.5) is 5.82 Å². The summed E-state index contributed by atoms with van der Waals surface area (Å²) in [5.41, 5.74) is 1.22. The number of hydrogen-bond acceptors (Lipinski definition) is 5. The first kappa shape index (κ1) is 20.9. The van der Waals surface area contributed by atoms with Crippen molar-refractivity contribution in [3.63, 3.8) is 0 Å². The van der Waals surface area contributed by atoms with E-state index in [0.717, 1.165) is 76.7 Å². The lowest BCUT2D eigenvalue weighted by Gasteiger charge is -2.34. The van der Waals surface area contributed by atoms with E-state index >= 15 is 0 Å². The number of piperazine rings is 1. The molecule has 2 aliphatic rings. The Morgan fingerprint density at radius 2 is 2.11 bits per heavy atom. The highest BCUT2D eigenvalue weighted by Gasteiger charge is 2.21. The van der Waals surface area contributed by atoms with Crippen LogP contribution in [-0.4, -0.2) is 87.3 Å². The summed E-state index contributed by atoms with van der Waals surface area (Å²) >= 11 is 0. The number of aliphatic imine (C=N–C) groups is 1. The van der Waals surface area contributed by atoms with Gasteiger partial charge in [-0.3, -0.25) is 4.99 Å². The van der Waals surface area contributed by atoms with Crippen LogP contribution in [0.2, 0.25) is 0 Å². The van der Waals surface area contributed by atoms with Gasteiger partial charge in [0.1, 0.15) is 5.82 Å². The summed E-state index contributed by atoms with van der Waals surface area (Å²) < 4.78 is 5.74. The summed E-state index contributed by atoms with van der Waals surface area (Å²) in [4.78, 5) is 16.0. The van der Waals surface area contributed by atoms with Gasteiger partial charge in [0.2, 0.25) is 0 Å². The molecule has 0 radical (unpaired) electrons. The molecule has 0 unspecified atom stereocenters. The van der Waals surface area contributed by atoms with E-state index in [1.165, 1.54) is 18.4 Å². The summed E-state index contributed by atoms with van der Waals surface area (Å²) in [6.07, 6.45) is 4.58. The van der Waals surface area contributed by atoms with Gasteiger partial charge in [-0.2, -0.15) is 0 Å². The molecule has 1 saturated heterocycles. The zero-order chi connectivity index (χ0) is 19.8. The van der Waals surface area contributed by atoms with E-state index in [2.05, 4.69) is 56.1 Å². The van der Waals surface area contributed by atoms with E-state index in [1.54, 1.807) is 0 Å². The first-order valence-electron chi connectivity index (χ1n) is 10.6. The standard InChI is InChI=1S/C21H36N6O/c1-4-26-9-11-27(12-10-26)20-15-19(7-8-23-20)16-24-21(22-2)25(3)13-14-28-17-18-5-6-18/h7-8,15,18H,4-6,9-14,16-17H2,1-3H3,(H,22,24). The number of hydrogen-bond donors (Lipinski definition) is 1. The van der Waals surface area contributed by atoms with Crippen molar-refractivity contribution in [3.05, 3.63) is 23.9 Å². The van der Waals surface area contributed by atoms with E-state index in [1.807, 2.05) is 13.2 Å². The van der Waals surface area contributed by atoms with Gasteiger partial charge in [0.25, 0.3) is 0 Å². The van der Waals surface area contributed by atoms with Gasteiger partial charge in [0.05, 0.1) is 6.61 Å². The van der Waals surface area contributed by atoms with Crippen LogP contribution in [0.15, 0.2) is 23.3 Å². The molecule has 1 aromatic heterocycles. The largest absolute Gasteiger partial charge is 0.379 e. The lowest BCUT2D eigenvalue weighted by Crippen LogP contribution is -2.46. The third kappa shape index (κ3) is 6.34. The molecule has 1 aromatic rings. The number of nitrogens with one attached hydrogen (secondary N) is 1. The van der Waals surface area contributed by atoms with Crippen LogP contribution in [-0.2, 0) is 11.3 Å². The van der Waals surface area contributed by atoms with Crippen LogP contribution in [0.25, 0.3) is 0 Å². The number of aromatic nitrogens is 1. The summed E-state index contributed by atoms with van der Waals surface area (Å²) in [6, 6.07) is 4.27. The van der Waals surface area contributed by atoms with Crippen molar-refractivity contribution in [1.82, 2.24) is 20.1 Å². The fourth-order valence-electron chi connectivity index (χ4n) is 3.44. The maximum Gasteiger partial charge on any atom is 0.193 e. The van der Waals surface area contributed by atoms with Gasteiger partial charge in [-0.05, 0) is 43.0 Å². The molecule has 0 spiro atoms. The monoisotopic (exact) mass is 388 g/mol. The SMILES string of the molecule is CCN1CCN(c2cc(CNC(=NC)N(C)CCOCC3CC3)ccn2)CC1. The highest BCUT2D eigenvalue weighted by molar-refractivity contribution is 5.79. The third-order valence-corrected chi connectivity index (χ3v) is 5.60. The highest BCUT2D eigenvalue weighted by atomic mass is 16.5. The number of guanidine groups is 1.